The quantitative estimate of drug-likeness (QED) is 0.688. The SMILES string of the molecule is Cc1c(O)cc(O)c(C(=O)CC(C)C)c1O. The second kappa shape index (κ2) is 4.43. The van der Waals surface area contributed by atoms with Crippen LogP contribution in [0.5, 0.6) is 17.2 Å². The highest BCUT2D eigenvalue weighted by Gasteiger charge is 2.21. The van der Waals surface area contributed by atoms with Gasteiger partial charge in [-0.15, -0.1) is 0 Å². The maximum atomic E-state index is 11.8. The summed E-state index contributed by atoms with van der Waals surface area (Å²) in [6.07, 6.45) is 0.241. The Bertz CT molecular complexity index is 422. The summed E-state index contributed by atoms with van der Waals surface area (Å²) in [6, 6.07) is 1.07. The Morgan fingerprint density at radius 3 is 2.31 bits per heavy atom. The van der Waals surface area contributed by atoms with Gasteiger partial charge in [0.05, 0.1) is 0 Å². The molecule has 0 saturated heterocycles. The van der Waals surface area contributed by atoms with E-state index in [0.717, 1.165) is 6.07 Å². The molecule has 0 amide bonds. The van der Waals surface area contributed by atoms with Crippen molar-refractivity contribution in [3.8, 4) is 17.2 Å². The Kier molecular flexibility index (Phi) is 3.42. The summed E-state index contributed by atoms with van der Waals surface area (Å²) < 4.78 is 0. The van der Waals surface area contributed by atoms with E-state index in [4.69, 9.17) is 0 Å². The average Bonchev–Trinajstić information content (AvgIpc) is 2.13. The molecule has 0 unspecified atom stereocenters. The zero-order valence-corrected chi connectivity index (χ0v) is 9.61. The number of carbonyl (C=O) groups excluding carboxylic acids is 1. The van der Waals surface area contributed by atoms with Crippen LogP contribution in [0, 0.1) is 12.8 Å². The lowest BCUT2D eigenvalue weighted by Gasteiger charge is -2.11. The number of aromatic hydroxyl groups is 3. The van der Waals surface area contributed by atoms with Crippen LogP contribution in [0.2, 0.25) is 0 Å². The number of carbonyl (C=O) groups is 1. The molecule has 16 heavy (non-hydrogen) atoms. The van der Waals surface area contributed by atoms with Crippen molar-refractivity contribution in [2.75, 3.05) is 0 Å². The first-order valence-electron chi connectivity index (χ1n) is 5.12. The van der Waals surface area contributed by atoms with Crippen molar-refractivity contribution in [1.29, 1.82) is 0 Å². The zero-order chi connectivity index (χ0) is 12.5. The second-order valence-corrected chi connectivity index (χ2v) is 4.28. The molecule has 0 radical (unpaired) electrons. The van der Waals surface area contributed by atoms with Gasteiger partial charge in [0.15, 0.2) is 5.78 Å². The van der Waals surface area contributed by atoms with E-state index in [1.165, 1.54) is 6.92 Å². The van der Waals surface area contributed by atoms with Crippen LogP contribution in [0.3, 0.4) is 0 Å². The van der Waals surface area contributed by atoms with Crippen molar-refractivity contribution in [3.05, 3.63) is 17.2 Å². The molecule has 0 fully saturated rings. The van der Waals surface area contributed by atoms with Crippen LogP contribution >= 0.6 is 0 Å². The first-order chi connectivity index (χ1) is 7.34. The number of benzene rings is 1. The summed E-state index contributed by atoms with van der Waals surface area (Å²) in [5.74, 6) is -1.14. The Morgan fingerprint density at radius 2 is 1.81 bits per heavy atom. The summed E-state index contributed by atoms with van der Waals surface area (Å²) in [7, 11) is 0. The van der Waals surface area contributed by atoms with Crippen LogP contribution in [0.1, 0.15) is 36.2 Å². The van der Waals surface area contributed by atoms with E-state index in [2.05, 4.69) is 0 Å². The third-order valence-electron chi connectivity index (χ3n) is 2.38. The fourth-order valence-electron chi connectivity index (χ4n) is 1.49. The molecule has 0 saturated carbocycles. The van der Waals surface area contributed by atoms with E-state index in [1.54, 1.807) is 0 Å². The van der Waals surface area contributed by atoms with Crippen molar-refractivity contribution in [3.63, 3.8) is 0 Å². The smallest absolute Gasteiger partial charge is 0.170 e. The van der Waals surface area contributed by atoms with Gasteiger partial charge in [0.1, 0.15) is 22.8 Å². The number of rotatable bonds is 3. The van der Waals surface area contributed by atoms with E-state index >= 15 is 0 Å². The van der Waals surface area contributed by atoms with E-state index in [0.29, 0.717) is 0 Å². The molecular weight excluding hydrogens is 208 g/mol. The molecule has 0 aliphatic rings. The minimum Gasteiger partial charge on any atom is -0.507 e. The Morgan fingerprint density at radius 1 is 1.25 bits per heavy atom. The molecule has 1 aromatic rings. The van der Waals surface area contributed by atoms with Crippen LogP contribution in [0.4, 0.5) is 0 Å². The second-order valence-electron chi connectivity index (χ2n) is 4.28. The topological polar surface area (TPSA) is 77.8 Å². The van der Waals surface area contributed by atoms with Gasteiger partial charge in [0.2, 0.25) is 0 Å². The number of Topliss-reactive ketones (excluding diaryl/α,β-unsaturated/α-hetero) is 1. The number of hydrogen-bond acceptors (Lipinski definition) is 4. The van der Waals surface area contributed by atoms with Gasteiger partial charge in [-0.2, -0.15) is 0 Å². The summed E-state index contributed by atoms with van der Waals surface area (Å²) >= 11 is 0. The molecule has 0 aliphatic carbocycles. The van der Waals surface area contributed by atoms with Gasteiger partial charge in [-0.1, -0.05) is 13.8 Å². The zero-order valence-electron chi connectivity index (χ0n) is 9.61. The first kappa shape index (κ1) is 12.4. The minimum atomic E-state index is -0.383. The Balaban J connectivity index is 3.24. The van der Waals surface area contributed by atoms with Gasteiger partial charge in [-0.05, 0) is 12.8 Å². The molecule has 0 atom stereocenters. The molecule has 1 rings (SSSR count). The van der Waals surface area contributed by atoms with Gasteiger partial charge in [-0.3, -0.25) is 4.79 Å². The third kappa shape index (κ3) is 2.27. The average molecular weight is 224 g/mol. The van der Waals surface area contributed by atoms with Crippen LogP contribution in [0.25, 0.3) is 0 Å². The molecule has 0 spiro atoms. The highest BCUT2D eigenvalue weighted by Crippen LogP contribution is 2.37. The van der Waals surface area contributed by atoms with Gasteiger partial charge in [-0.25, -0.2) is 0 Å². The molecule has 88 valence electrons. The van der Waals surface area contributed by atoms with Crippen LogP contribution < -0.4 is 0 Å². The number of ketones is 1. The Hall–Kier alpha value is -1.71. The van der Waals surface area contributed by atoms with Crippen LogP contribution in [-0.4, -0.2) is 21.1 Å². The normalized spacial score (nSPS) is 10.8. The molecule has 3 N–H and O–H groups in total. The first-order valence-corrected chi connectivity index (χ1v) is 5.12. The molecule has 0 bridgehead atoms. The lowest BCUT2D eigenvalue weighted by molar-refractivity contribution is 0.0962. The third-order valence-corrected chi connectivity index (χ3v) is 2.38. The predicted octanol–water partition coefficient (Wildman–Crippen LogP) is 2.34. The summed E-state index contributed by atoms with van der Waals surface area (Å²) in [5.41, 5.74) is 0.0916. The van der Waals surface area contributed by atoms with Crippen molar-refractivity contribution in [2.45, 2.75) is 27.2 Å². The molecule has 0 aliphatic heterocycles. The summed E-state index contributed by atoms with van der Waals surface area (Å²) in [4.78, 5) is 11.8. The van der Waals surface area contributed by atoms with Crippen molar-refractivity contribution in [2.24, 2.45) is 5.92 Å². The van der Waals surface area contributed by atoms with E-state index in [-0.39, 0.29) is 46.5 Å². The summed E-state index contributed by atoms with van der Waals surface area (Å²) in [6.45, 7) is 5.23. The molecule has 1 aromatic carbocycles. The monoisotopic (exact) mass is 224 g/mol. The maximum absolute atomic E-state index is 11.8. The van der Waals surface area contributed by atoms with E-state index < -0.39 is 0 Å². The van der Waals surface area contributed by atoms with Crippen molar-refractivity contribution < 1.29 is 20.1 Å². The van der Waals surface area contributed by atoms with E-state index in [9.17, 15) is 20.1 Å². The van der Waals surface area contributed by atoms with Gasteiger partial charge in [0, 0.05) is 18.1 Å². The number of hydrogen-bond donors (Lipinski definition) is 3. The highest BCUT2D eigenvalue weighted by atomic mass is 16.3. The lowest BCUT2D eigenvalue weighted by Crippen LogP contribution is -2.05. The van der Waals surface area contributed by atoms with Gasteiger partial charge < -0.3 is 15.3 Å². The van der Waals surface area contributed by atoms with E-state index in [1.807, 2.05) is 13.8 Å². The maximum Gasteiger partial charge on any atom is 0.170 e. The number of phenols is 3. The molecule has 4 heteroatoms. The lowest BCUT2D eigenvalue weighted by atomic mass is 9.97. The fraction of sp³-hybridized carbons (Fsp3) is 0.417. The minimum absolute atomic E-state index is 0.107. The standard InChI is InChI=1S/C12H16O4/c1-6(2)4-9(14)11-10(15)5-8(13)7(3)12(11)16/h5-6,13,15-16H,4H2,1-3H3. The largest absolute Gasteiger partial charge is 0.507 e. The van der Waals surface area contributed by atoms with Crippen LogP contribution in [0.15, 0.2) is 6.07 Å². The van der Waals surface area contributed by atoms with Gasteiger partial charge in [0.25, 0.3) is 0 Å². The van der Waals surface area contributed by atoms with Crippen LogP contribution in [-0.2, 0) is 0 Å². The highest BCUT2D eigenvalue weighted by molar-refractivity contribution is 6.01. The Labute approximate surface area is 94.2 Å². The van der Waals surface area contributed by atoms with Crippen molar-refractivity contribution in [1.82, 2.24) is 0 Å². The predicted molar refractivity (Wildman–Crippen MR) is 60.0 cm³/mol. The summed E-state index contributed by atoms with van der Waals surface area (Å²) in [5, 5.41) is 28.6. The molecular formula is C12H16O4. The molecule has 0 aromatic heterocycles. The number of phenolic OH excluding ortho intramolecular Hbond substituents is 3. The fourth-order valence-corrected chi connectivity index (χ4v) is 1.49. The van der Waals surface area contributed by atoms with Crippen molar-refractivity contribution >= 4 is 5.78 Å². The van der Waals surface area contributed by atoms with Gasteiger partial charge >= 0.3 is 0 Å². The molecule has 0 heterocycles. The molecule has 4 nitrogen and oxygen atoms in total.